The Labute approximate surface area is 107 Å². The van der Waals surface area contributed by atoms with Crippen LogP contribution >= 0.6 is 0 Å². The molecule has 18 heavy (non-hydrogen) atoms. The number of hydrogen-bond acceptors (Lipinski definition) is 5. The molecule has 0 saturated carbocycles. The summed E-state index contributed by atoms with van der Waals surface area (Å²) in [6.07, 6.45) is 0.488. The fraction of sp³-hybridized carbons (Fsp3) is 0.889. The zero-order valence-corrected chi connectivity index (χ0v) is 11.7. The van der Waals surface area contributed by atoms with Gasteiger partial charge < -0.3 is 4.90 Å². The number of carbonyl (C=O) groups is 1. The zero-order valence-electron chi connectivity index (χ0n) is 10.1. The van der Waals surface area contributed by atoms with Crippen LogP contribution in [0, 0.1) is 0 Å². The van der Waals surface area contributed by atoms with E-state index >= 15 is 0 Å². The van der Waals surface area contributed by atoms with E-state index < -0.39 is 31.8 Å². The van der Waals surface area contributed by atoms with Crippen molar-refractivity contribution in [1.29, 1.82) is 0 Å². The van der Waals surface area contributed by atoms with Crippen molar-refractivity contribution in [2.75, 3.05) is 23.8 Å². The lowest BCUT2D eigenvalue weighted by atomic mass is 10.2. The molecule has 0 aromatic carbocycles. The number of sulfone groups is 1. The molecule has 106 valence electrons. The lowest BCUT2D eigenvalue weighted by Gasteiger charge is -2.27. The molecule has 1 saturated heterocycles. The molecular weight excluding hydrogens is 282 g/mol. The lowest BCUT2D eigenvalue weighted by Crippen LogP contribution is -2.43. The van der Waals surface area contributed by atoms with Gasteiger partial charge in [-0.15, -0.1) is 0 Å². The van der Waals surface area contributed by atoms with Crippen LogP contribution in [0.4, 0.5) is 0 Å². The highest BCUT2D eigenvalue weighted by molar-refractivity contribution is 7.91. The maximum absolute atomic E-state index is 11.7. The van der Waals surface area contributed by atoms with Crippen molar-refractivity contribution in [2.45, 2.75) is 25.8 Å². The molecule has 0 aromatic rings. The van der Waals surface area contributed by atoms with Gasteiger partial charge in [0, 0.05) is 19.0 Å². The van der Waals surface area contributed by atoms with Gasteiger partial charge in [-0.05, 0) is 6.42 Å². The quantitative estimate of drug-likeness (QED) is 0.672. The summed E-state index contributed by atoms with van der Waals surface area (Å²) in [6.45, 7) is 1.44. The monoisotopic (exact) mass is 299 g/mol. The third-order valence-corrected chi connectivity index (χ3v) is 5.31. The van der Waals surface area contributed by atoms with E-state index in [9.17, 15) is 21.6 Å². The molecule has 9 heteroatoms. The van der Waals surface area contributed by atoms with Crippen LogP contribution in [-0.4, -0.2) is 62.0 Å². The molecule has 1 fully saturated rings. The van der Waals surface area contributed by atoms with Crippen molar-refractivity contribution < 1.29 is 26.2 Å². The van der Waals surface area contributed by atoms with Crippen molar-refractivity contribution in [3.05, 3.63) is 0 Å². The molecule has 1 atom stereocenters. The minimum absolute atomic E-state index is 0.0109. The minimum atomic E-state index is -4.16. The second-order valence-corrected chi connectivity index (χ2v) is 8.08. The summed E-state index contributed by atoms with van der Waals surface area (Å²) < 4.78 is 52.8. The summed E-state index contributed by atoms with van der Waals surface area (Å²) >= 11 is 0. The number of amides is 1. The molecule has 1 unspecified atom stereocenters. The topological polar surface area (TPSA) is 109 Å². The number of rotatable bonds is 5. The van der Waals surface area contributed by atoms with E-state index in [4.69, 9.17) is 4.55 Å². The standard InChI is InChI=1S/C9H17NO6S2/c1-2-9(11)10(4-6-18(14,15)16)8-3-5-17(12,13)7-8/h8H,2-7H2,1H3,(H,14,15,16). The van der Waals surface area contributed by atoms with Gasteiger partial charge in [0.2, 0.25) is 5.91 Å². The highest BCUT2D eigenvalue weighted by atomic mass is 32.2. The normalized spacial score (nSPS) is 22.9. The van der Waals surface area contributed by atoms with Gasteiger partial charge in [-0.2, -0.15) is 8.42 Å². The van der Waals surface area contributed by atoms with Crippen LogP contribution in [0.1, 0.15) is 19.8 Å². The van der Waals surface area contributed by atoms with E-state index in [0.29, 0.717) is 6.42 Å². The molecule has 1 aliphatic rings. The number of carbonyl (C=O) groups excluding carboxylic acids is 1. The second-order valence-electron chi connectivity index (χ2n) is 4.28. The third kappa shape index (κ3) is 4.54. The summed E-state index contributed by atoms with van der Waals surface area (Å²) in [6, 6.07) is -0.482. The van der Waals surface area contributed by atoms with Crippen molar-refractivity contribution in [1.82, 2.24) is 4.90 Å². The van der Waals surface area contributed by atoms with E-state index in [-0.39, 0.29) is 30.4 Å². The van der Waals surface area contributed by atoms with Gasteiger partial charge in [-0.3, -0.25) is 9.35 Å². The summed E-state index contributed by atoms with van der Waals surface area (Å²) in [5.41, 5.74) is 0. The highest BCUT2D eigenvalue weighted by Crippen LogP contribution is 2.18. The van der Waals surface area contributed by atoms with E-state index in [1.807, 2.05) is 0 Å². The van der Waals surface area contributed by atoms with Crippen LogP contribution in [0.5, 0.6) is 0 Å². The van der Waals surface area contributed by atoms with Crippen molar-refractivity contribution in [3.63, 3.8) is 0 Å². The molecule has 1 N–H and O–H groups in total. The van der Waals surface area contributed by atoms with Gasteiger partial charge in [0.05, 0.1) is 17.3 Å². The lowest BCUT2D eigenvalue weighted by molar-refractivity contribution is -0.132. The first-order valence-electron chi connectivity index (χ1n) is 5.59. The molecule has 0 radical (unpaired) electrons. The Morgan fingerprint density at radius 1 is 1.44 bits per heavy atom. The maximum atomic E-state index is 11.7. The summed E-state index contributed by atoms with van der Waals surface area (Å²) in [7, 11) is -7.30. The molecule has 0 spiro atoms. The first-order valence-corrected chi connectivity index (χ1v) is 9.03. The Bertz CT molecular complexity index is 509. The van der Waals surface area contributed by atoms with Crippen LogP contribution in [0.25, 0.3) is 0 Å². The summed E-state index contributed by atoms with van der Waals surface area (Å²) in [5, 5.41) is 0. The summed E-state index contributed by atoms with van der Waals surface area (Å²) in [4.78, 5) is 12.9. The van der Waals surface area contributed by atoms with Crippen LogP contribution in [-0.2, 0) is 24.7 Å². The van der Waals surface area contributed by atoms with Gasteiger partial charge in [0.25, 0.3) is 10.1 Å². The zero-order chi connectivity index (χ0) is 14.0. The van der Waals surface area contributed by atoms with Crippen LogP contribution in [0.15, 0.2) is 0 Å². The first kappa shape index (κ1) is 15.4. The van der Waals surface area contributed by atoms with Crippen LogP contribution in [0.2, 0.25) is 0 Å². The molecule has 1 amide bonds. The predicted molar refractivity (Wildman–Crippen MR) is 65.5 cm³/mol. The molecule has 1 aliphatic heterocycles. The number of nitrogens with zero attached hydrogens (tertiary/aromatic N) is 1. The fourth-order valence-electron chi connectivity index (χ4n) is 1.95. The SMILES string of the molecule is CCC(=O)N(CCS(=O)(=O)O)C1CCS(=O)(=O)C1. The largest absolute Gasteiger partial charge is 0.338 e. The maximum Gasteiger partial charge on any atom is 0.266 e. The van der Waals surface area contributed by atoms with Gasteiger partial charge in [0.15, 0.2) is 9.84 Å². The highest BCUT2D eigenvalue weighted by Gasteiger charge is 2.34. The average Bonchev–Trinajstić information content (AvgIpc) is 2.57. The Hall–Kier alpha value is -0.670. The van der Waals surface area contributed by atoms with E-state index in [1.165, 1.54) is 4.90 Å². The second kappa shape index (κ2) is 5.54. The number of hydrogen-bond donors (Lipinski definition) is 1. The smallest absolute Gasteiger partial charge is 0.266 e. The average molecular weight is 299 g/mol. The van der Waals surface area contributed by atoms with Crippen molar-refractivity contribution >= 4 is 25.9 Å². The molecule has 1 heterocycles. The van der Waals surface area contributed by atoms with Crippen molar-refractivity contribution in [2.24, 2.45) is 0 Å². The Morgan fingerprint density at radius 2 is 2.06 bits per heavy atom. The van der Waals surface area contributed by atoms with Gasteiger partial charge in [-0.1, -0.05) is 6.92 Å². The first-order chi connectivity index (χ1) is 8.14. The Morgan fingerprint density at radius 3 is 2.44 bits per heavy atom. The van der Waals surface area contributed by atoms with Crippen LogP contribution in [0.3, 0.4) is 0 Å². The van der Waals surface area contributed by atoms with E-state index in [0.717, 1.165) is 0 Å². The molecule has 1 rings (SSSR count). The van der Waals surface area contributed by atoms with Crippen molar-refractivity contribution in [3.8, 4) is 0 Å². The van der Waals surface area contributed by atoms with E-state index in [2.05, 4.69) is 0 Å². The van der Waals surface area contributed by atoms with Gasteiger partial charge in [-0.25, -0.2) is 8.42 Å². The van der Waals surface area contributed by atoms with Gasteiger partial charge >= 0.3 is 0 Å². The fourth-order valence-corrected chi connectivity index (χ4v) is 4.11. The Kier molecular flexibility index (Phi) is 4.73. The molecule has 0 bridgehead atoms. The minimum Gasteiger partial charge on any atom is -0.338 e. The molecule has 0 aromatic heterocycles. The summed E-state index contributed by atoms with van der Waals surface area (Å²) in [5.74, 6) is -1.00. The molecule has 0 aliphatic carbocycles. The predicted octanol–water partition coefficient (Wildman–Crippen LogP) is -0.700. The van der Waals surface area contributed by atoms with Crippen LogP contribution < -0.4 is 0 Å². The van der Waals surface area contributed by atoms with Gasteiger partial charge in [0.1, 0.15) is 0 Å². The van der Waals surface area contributed by atoms with E-state index in [1.54, 1.807) is 6.92 Å². The third-order valence-electron chi connectivity index (χ3n) is 2.86. The molecule has 7 nitrogen and oxygen atoms in total. The Balaban J connectivity index is 2.77. The molecular formula is C9H17NO6S2.